The zero-order valence-electron chi connectivity index (χ0n) is 8.67. The van der Waals surface area contributed by atoms with Crippen molar-refractivity contribution < 1.29 is 9.21 Å². The van der Waals surface area contributed by atoms with Crippen molar-refractivity contribution in [3.05, 3.63) is 36.1 Å². The van der Waals surface area contributed by atoms with E-state index in [4.69, 9.17) is 4.42 Å². The number of hydrogen-bond acceptors (Lipinski definition) is 4. The highest BCUT2D eigenvalue weighted by Crippen LogP contribution is 2.22. The first kappa shape index (κ1) is 9.21. The van der Waals surface area contributed by atoms with Gasteiger partial charge in [0.25, 0.3) is 0 Å². The Hall–Kier alpha value is -2.04. The number of aldehydes is 1. The maximum atomic E-state index is 10.5. The zero-order chi connectivity index (χ0) is 11.0. The molecule has 0 radical (unpaired) electrons. The first-order valence-electron chi connectivity index (χ1n) is 5.17. The van der Waals surface area contributed by atoms with Crippen LogP contribution < -0.4 is 4.90 Å². The minimum Gasteiger partial charge on any atom is -0.438 e. The number of hydrogen-bond donors (Lipinski definition) is 0. The summed E-state index contributed by atoms with van der Waals surface area (Å²) in [7, 11) is 0. The second-order valence-electron chi connectivity index (χ2n) is 3.75. The summed E-state index contributed by atoms with van der Waals surface area (Å²) in [5.74, 6) is 2.12. The smallest absolute Gasteiger partial charge is 0.196 e. The van der Waals surface area contributed by atoms with Crippen molar-refractivity contribution in [2.24, 2.45) is 0 Å². The Labute approximate surface area is 92.3 Å². The molecule has 1 aliphatic heterocycles. The van der Waals surface area contributed by atoms with Crippen molar-refractivity contribution in [3.8, 4) is 0 Å². The largest absolute Gasteiger partial charge is 0.438 e. The third-order valence-electron chi connectivity index (χ3n) is 2.79. The average Bonchev–Trinajstić information content (AvgIpc) is 2.96. The molecule has 16 heavy (non-hydrogen) atoms. The molecule has 0 N–H and O–H groups in total. The van der Waals surface area contributed by atoms with E-state index in [9.17, 15) is 4.79 Å². The SMILES string of the molecule is O=Cc1ccc(N2CCn3ccnc3C2)o1. The first-order valence-corrected chi connectivity index (χ1v) is 5.17. The normalized spacial score (nSPS) is 14.9. The Morgan fingerprint density at radius 3 is 3.12 bits per heavy atom. The van der Waals surface area contributed by atoms with Gasteiger partial charge in [0.15, 0.2) is 17.9 Å². The van der Waals surface area contributed by atoms with Crippen LogP contribution >= 0.6 is 0 Å². The predicted octanol–water partition coefficient (Wildman–Crippen LogP) is 1.31. The number of carbonyl (C=O) groups is 1. The lowest BCUT2D eigenvalue weighted by molar-refractivity contribution is 0.110. The van der Waals surface area contributed by atoms with Crippen LogP contribution in [0.4, 0.5) is 5.88 Å². The van der Waals surface area contributed by atoms with E-state index >= 15 is 0 Å². The van der Waals surface area contributed by atoms with Gasteiger partial charge in [0.1, 0.15) is 5.82 Å². The van der Waals surface area contributed by atoms with E-state index in [1.165, 1.54) is 0 Å². The molecule has 0 saturated heterocycles. The fourth-order valence-electron chi connectivity index (χ4n) is 1.94. The average molecular weight is 217 g/mol. The van der Waals surface area contributed by atoms with Crippen molar-refractivity contribution in [3.63, 3.8) is 0 Å². The van der Waals surface area contributed by atoms with Gasteiger partial charge in [-0.05, 0) is 6.07 Å². The van der Waals surface area contributed by atoms with E-state index in [1.54, 1.807) is 12.3 Å². The summed E-state index contributed by atoms with van der Waals surface area (Å²) in [5, 5.41) is 0. The van der Waals surface area contributed by atoms with Gasteiger partial charge < -0.3 is 13.9 Å². The number of furan rings is 1. The van der Waals surface area contributed by atoms with Gasteiger partial charge in [-0.15, -0.1) is 0 Å². The number of nitrogens with zero attached hydrogens (tertiary/aromatic N) is 3. The molecule has 0 fully saturated rings. The van der Waals surface area contributed by atoms with Gasteiger partial charge in [-0.25, -0.2) is 4.98 Å². The Kier molecular flexibility index (Phi) is 2.02. The summed E-state index contributed by atoms with van der Waals surface area (Å²) >= 11 is 0. The molecule has 0 unspecified atom stereocenters. The van der Waals surface area contributed by atoms with Crippen LogP contribution in [0.2, 0.25) is 0 Å². The molecule has 3 heterocycles. The highest BCUT2D eigenvalue weighted by Gasteiger charge is 2.19. The Balaban J connectivity index is 1.85. The van der Waals surface area contributed by atoms with Crippen LogP contribution in [0.15, 0.2) is 28.9 Å². The van der Waals surface area contributed by atoms with Crippen LogP contribution in [0.1, 0.15) is 16.4 Å². The lowest BCUT2D eigenvalue weighted by Gasteiger charge is -2.27. The van der Waals surface area contributed by atoms with Crippen LogP contribution in [0.25, 0.3) is 0 Å². The van der Waals surface area contributed by atoms with Gasteiger partial charge in [0.05, 0.1) is 6.54 Å². The molecule has 5 nitrogen and oxygen atoms in total. The molecule has 0 amide bonds. The van der Waals surface area contributed by atoms with Crippen molar-refractivity contribution in [1.82, 2.24) is 9.55 Å². The molecular weight excluding hydrogens is 206 g/mol. The van der Waals surface area contributed by atoms with Crippen molar-refractivity contribution in [1.29, 1.82) is 0 Å². The highest BCUT2D eigenvalue weighted by atomic mass is 16.4. The quantitative estimate of drug-likeness (QED) is 0.712. The number of anilines is 1. The van der Waals surface area contributed by atoms with Crippen LogP contribution in [-0.2, 0) is 13.1 Å². The number of carbonyl (C=O) groups excluding carboxylic acids is 1. The molecule has 0 bridgehead atoms. The third kappa shape index (κ3) is 1.41. The number of rotatable bonds is 2. The summed E-state index contributed by atoms with van der Waals surface area (Å²) in [6.07, 6.45) is 4.50. The minimum absolute atomic E-state index is 0.365. The fourth-order valence-corrected chi connectivity index (χ4v) is 1.94. The zero-order valence-corrected chi connectivity index (χ0v) is 8.67. The molecule has 0 aromatic carbocycles. The van der Waals surface area contributed by atoms with E-state index in [1.807, 2.05) is 12.3 Å². The molecule has 2 aromatic heterocycles. The first-order chi connectivity index (χ1) is 7.86. The van der Waals surface area contributed by atoms with Gasteiger partial charge in [-0.2, -0.15) is 0 Å². The summed E-state index contributed by atoms with van der Waals surface area (Å²) in [6, 6.07) is 3.51. The number of imidazole rings is 1. The highest BCUT2D eigenvalue weighted by molar-refractivity contribution is 5.71. The lowest BCUT2D eigenvalue weighted by atomic mass is 10.3. The van der Waals surface area contributed by atoms with Gasteiger partial charge >= 0.3 is 0 Å². The molecule has 0 saturated carbocycles. The molecule has 2 aromatic rings. The molecule has 1 aliphatic rings. The maximum Gasteiger partial charge on any atom is 0.196 e. The van der Waals surface area contributed by atoms with Crippen LogP contribution in [0.5, 0.6) is 0 Å². The van der Waals surface area contributed by atoms with Gasteiger partial charge in [0, 0.05) is 31.5 Å². The summed E-state index contributed by atoms with van der Waals surface area (Å²) in [6.45, 7) is 2.49. The minimum atomic E-state index is 0.365. The molecule has 3 rings (SSSR count). The molecule has 0 spiro atoms. The number of aromatic nitrogens is 2. The molecule has 82 valence electrons. The van der Waals surface area contributed by atoms with Crippen molar-refractivity contribution >= 4 is 12.2 Å². The standard InChI is InChI=1S/C11H11N3O2/c15-8-9-1-2-11(16-9)14-6-5-13-4-3-12-10(13)7-14/h1-4,8H,5-7H2. The second kappa shape index (κ2) is 3.52. The van der Waals surface area contributed by atoms with Crippen LogP contribution in [-0.4, -0.2) is 22.4 Å². The van der Waals surface area contributed by atoms with E-state index < -0.39 is 0 Å². The van der Waals surface area contributed by atoms with Crippen molar-refractivity contribution in [2.45, 2.75) is 13.1 Å². The second-order valence-corrected chi connectivity index (χ2v) is 3.75. The summed E-state index contributed by atoms with van der Waals surface area (Å²) in [5.41, 5.74) is 0. The van der Waals surface area contributed by atoms with E-state index in [0.717, 1.165) is 31.3 Å². The fraction of sp³-hybridized carbons (Fsp3) is 0.273. The monoisotopic (exact) mass is 217 g/mol. The maximum absolute atomic E-state index is 10.5. The molecule has 0 aliphatic carbocycles. The van der Waals surface area contributed by atoms with Crippen molar-refractivity contribution in [2.75, 3.05) is 11.4 Å². The Morgan fingerprint density at radius 2 is 2.31 bits per heavy atom. The molecule has 5 heteroatoms. The Morgan fingerprint density at radius 1 is 1.38 bits per heavy atom. The van der Waals surface area contributed by atoms with Crippen LogP contribution in [0, 0.1) is 0 Å². The molecule has 0 atom stereocenters. The third-order valence-corrected chi connectivity index (χ3v) is 2.79. The summed E-state index contributed by atoms with van der Waals surface area (Å²) < 4.78 is 7.51. The van der Waals surface area contributed by atoms with Gasteiger partial charge in [-0.3, -0.25) is 4.79 Å². The van der Waals surface area contributed by atoms with Gasteiger partial charge in [0.2, 0.25) is 0 Å². The Bertz CT molecular complexity index is 515. The predicted molar refractivity (Wildman–Crippen MR) is 57.4 cm³/mol. The lowest BCUT2D eigenvalue weighted by Crippen LogP contribution is -2.33. The summed E-state index contributed by atoms with van der Waals surface area (Å²) in [4.78, 5) is 16.9. The van der Waals surface area contributed by atoms with Crippen LogP contribution in [0.3, 0.4) is 0 Å². The topological polar surface area (TPSA) is 51.3 Å². The van der Waals surface area contributed by atoms with E-state index in [2.05, 4.69) is 14.5 Å². The molecular formula is C11H11N3O2. The van der Waals surface area contributed by atoms with E-state index in [0.29, 0.717) is 12.0 Å². The van der Waals surface area contributed by atoms with E-state index in [-0.39, 0.29) is 0 Å². The number of fused-ring (bicyclic) bond motifs is 1. The van der Waals surface area contributed by atoms with Gasteiger partial charge in [-0.1, -0.05) is 0 Å².